The van der Waals surface area contributed by atoms with Crippen LogP contribution in [0.4, 0.5) is 5.69 Å². The molecule has 14 heteroatoms. The van der Waals surface area contributed by atoms with Gasteiger partial charge in [-0.25, -0.2) is 0 Å². The van der Waals surface area contributed by atoms with E-state index < -0.39 is 53.8 Å². The van der Waals surface area contributed by atoms with E-state index in [9.17, 15) is 35.3 Å². The third-order valence-corrected chi connectivity index (χ3v) is 6.55. The fourth-order valence-corrected chi connectivity index (χ4v) is 4.34. The normalized spacial score (nSPS) is 27.1. The molecule has 2 heterocycles. The van der Waals surface area contributed by atoms with E-state index in [-0.39, 0.29) is 11.3 Å². The molecule has 37 heavy (non-hydrogen) atoms. The molecule has 2 fully saturated rings. The summed E-state index contributed by atoms with van der Waals surface area (Å²) in [6.45, 7) is 6.08. The Balaban J connectivity index is 1.54. The summed E-state index contributed by atoms with van der Waals surface area (Å²) in [4.78, 5) is 28.1. The Morgan fingerprint density at radius 3 is 2.32 bits per heavy atom. The van der Waals surface area contributed by atoms with Crippen molar-refractivity contribution in [2.75, 3.05) is 59.0 Å². The third kappa shape index (κ3) is 8.02. The summed E-state index contributed by atoms with van der Waals surface area (Å²) in [5.74, 6) is -0.690. The fourth-order valence-electron chi connectivity index (χ4n) is 4.34. The predicted molar refractivity (Wildman–Crippen MR) is 131 cm³/mol. The maximum Gasteiger partial charge on any atom is 0.273 e. The van der Waals surface area contributed by atoms with Crippen LogP contribution in [-0.2, 0) is 4.74 Å². The van der Waals surface area contributed by atoms with Crippen LogP contribution in [0.25, 0.3) is 0 Å². The van der Waals surface area contributed by atoms with E-state index in [2.05, 4.69) is 15.1 Å². The number of hydrogen-bond donors (Lipinski definition) is 6. The van der Waals surface area contributed by atoms with Crippen molar-refractivity contribution in [3.05, 3.63) is 33.9 Å². The number of non-ortho nitro benzene ring substituents is 1. The molecule has 0 radical (unpaired) electrons. The summed E-state index contributed by atoms with van der Waals surface area (Å²) in [5, 5.41) is 53.5. The van der Waals surface area contributed by atoms with Crippen LogP contribution in [0.15, 0.2) is 18.2 Å². The lowest BCUT2D eigenvalue weighted by Gasteiger charge is -2.39. The van der Waals surface area contributed by atoms with Crippen molar-refractivity contribution < 1.29 is 39.6 Å². The lowest BCUT2D eigenvalue weighted by Crippen LogP contribution is -2.60. The number of aliphatic hydroxyl groups excluding tert-OH is 4. The van der Waals surface area contributed by atoms with Gasteiger partial charge in [0.1, 0.15) is 30.2 Å². The molecule has 2 aliphatic heterocycles. The van der Waals surface area contributed by atoms with Gasteiger partial charge in [0.2, 0.25) is 6.29 Å². The molecule has 0 unspecified atom stereocenters. The number of benzene rings is 1. The summed E-state index contributed by atoms with van der Waals surface area (Å²) < 4.78 is 10.8. The Bertz CT molecular complexity index is 897. The van der Waals surface area contributed by atoms with Crippen molar-refractivity contribution in [1.82, 2.24) is 15.1 Å². The SMILES string of the molecule is NCCCN1CCN(CCCNC(=O)c2cc(O[C@@H]3O[C@H](CO)[C@@H](O)[C@H](O)[C@H]3O)cc([N+](=O)[O-])c2)CC1. The maximum absolute atomic E-state index is 12.7. The number of nitro benzene ring substituents is 1. The summed E-state index contributed by atoms with van der Waals surface area (Å²) in [6.07, 6.45) is -6.01. The molecule has 208 valence electrons. The fraction of sp³-hybridized carbons (Fsp3) is 0.696. The number of nitrogens with one attached hydrogen (secondary N) is 1. The number of piperazine rings is 1. The summed E-state index contributed by atoms with van der Waals surface area (Å²) in [7, 11) is 0. The lowest BCUT2D eigenvalue weighted by molar-refractivity contribution is -0.385. The number of aliphatic hydroxyl groups is 4. The van der Waals surface area contributed by atoms with Gasteiger partial charge in [-0.1, -0.05) is 0 Å². The summed E-state index contributed by atoms with van der Waals surface area (Å²) in [5.41, 5.74) is 5.12. The standard InChI is InChI=1S/C23H37N5O9/c24-3-1-5-26-7-9-27(10-8-26)6-2-4-25-22(33)15-11-16(28(34)35)13-17(12-15)36-23-21(32)20(31)19(30)18(14-29)37-23/h11-13,18-21,23,29-32H,1-10,14,24H2,(H,25,33)/t18-,19-,20+,21-,23-/m1/s1. The second-order valence-corrected chi connectivity index (χ2v) is 9.22. The quantitative estimate of drug-likeness (QED) is 0.0979. The highest BCUT2D eigenvalue weighted by Crippen LogP contribution is 2.28. The number of amides is 1. The molecule has 3 rings (SSSR count). The van der Waals surface area contributed by atoms with Crippen LogP contribution in [0.2, 0.25) is 0 Å². The van der Waals surface area contributed by atoms with Gasteiger partial charge in [-0.05, 0) is 38.5 Å². The second kappa shape index (κ2) is 13.9. The number of nitro groups is 1. The van der Waals surface area contributed by atoms with Crippen LogP contribution >= 0.6 is 0 Å². The summed E-state index contributed by atoms with van der Waals surface area (Å²) >= 11 is 0. The van der Waals surface area contributed by atoms with Gasteiger partial charge in [0, 0.05) is 44.4 Å². The number of carbonyl (C=O) groups excluding carboxylic acids is 1. The largest absolute Gasteiger partial charge is 0.462 e. The molecule has 1 amide bonds. The van der Waals surface area contributed by atoms with Gasteiger partial charge >= 0.3 is 0 Å². The molecule has 14 nitrogen and oxygen atoms in total. The highest BCUT2D eigenvalue weighted by Gasteiger charge is 2.44. The first-order valence-corrected chi connectivity index (χ1v) is 12.4. The van der Waals surface area contributed by atoms with Gasteiger partial charge in [-0.3, -0.25) is 14.9 Å². The first kappa shape index (κ1) is 29.1. The molecule has 1 aromatic rings. The molecular formula is C23H37N5O9. The smallest absolute Gasteiger partial charge is 0.273 e. The minimum atomic E-state index is -1.70. The van der Waals surface area contributed by atoms with E-state index in [1.165, 1.54) is 6.07 Å². The molecule has 0 spiro atoms. The zero-order valence-electron chi connectivity index (χ0n) is 20.6. The number of nitrogens with zero attached hydrogens (tertiary/aromatic N) is 3. The number of hydrogen-bond acceptors (Lipinski definition) is 12. The number of rotatable bonds is 12. The Kier molecular flexibility index (Phi) is 11.0. The third-order valence-electron chi connectivity index (χ3n) is 6.55. The van der Waals surface area contributed by atoms with Gasteiger partial charge in [-0.15, -0.1) is 0 Å². The van der Waals surface area contributed by atoms with E-state index in [1.54, 1.807) is 0 Å². The Morgan fingerprint density at radius 2 is 1.73 bits per heavy atom. The second-order valence-electron chi connectivity index (χ2n) is 9.22. The van der Waals surface area contributed by atoms with Crippen molar-refractivity contribution in [1.29, 1.82) is 0 Å². The Morgan fingerprint density at radius 1 is 1.08 bits per heavy atom. The highest BCUT2D eigenvalue weighted by atomic mass is 16.7. The van der Waals surface area contributed by atoms with Gasteiger partial charge < -0.3 is 50.8 Å². The molecule has 2 aliphatic rings. The molecule has 0 saturated carbocycles. The highest BCUT2D eigenvalue weighted by molar-refractivity contribution is 5.95. The molecule has 7 N–H and O–H groups in total. The first-order chi connectivity index (χ1) is 17.7. The van der Waals surface area contributed by atoms with Crippen LogP contribution in [0.3, 0.4) is 0 Å². The number of carbonyl (C=O) groups is 1. The summed E-state index contributed by atoms with van der Waals surface area (Å²) in [6, 6.07) is 3.41. The molecular weight excluding hydrogens is 490 g/mol. The number of nitrogens with two attached hydrogens (primary N) is 1. The first-order valence-electron chi connectivity index (χ1n) is 12.4. The van der Waals surface area contributed by atoms with Crippen LogP contribution in [0.1, 0.15) is 23.2 Å². The van der Waals surface area contributed by atoms with Gasteiger partial charge in [-0.2, -0.15) is 0 Å². The van der Waals surface area contributed by atoms with Gasteiger partial charge in [0.05, 0.1) is 17.6 Å². The van der Waals surface area contributed by atoms with Crippen molar-refractivity contribution >= 4 is 11.6 Å². The monoisotopic (exact) mass is 527 g/mol. The van der Waals surface area contributed by atoms with E-state index in [4.69, 9.17) is 15.2 Å². The van der Waals surface area contributed by atoms with E-state index in [0.717, 1.165) is 57.8 Å². The lowest BCUT2D eigenvalue weighted by atomic mass is 9.99. The van der Waals surface area contributed by atoms with Gasteiger partial charge in [0.25, 0.3) is 11.6 Å². The van der Waals surface area contributed by atoms with E-state index in [0.29, 0.717) is 19.5 Å². The molecule has 0 aliphatic carbocycles. The molecule has 5 atom stereocenters. The Hall–Kier alpha value is -2.43. The van der Waals surface area contributed by atoms with Crippen LogP contribution < -0.4 is 15.8 Å². The average Bonchev–Trinajstić information content (AvgIpc) is 2.90. The Labute approximate surface area is 214 Å². The average molecular weight is 528 g/mol. The molecule has 1 aromatic carbocycles. The zero-order chi connectivity index (χ0) is 26.9. The minimum absolute atomic E-state index is 0.0256. The van der Waals surface area contributed by atoms with Crippen molar-refractivity contribution in [3.8, 4) is 5.75 Å². The van der Waals surface area contributed by atoms with Crippen molar-refractivity contribution in [3.63, 3.8) is 0 Å². The van der Waals surface area contributed by atoms with Crippen LogP contribution in [0, 0.1) is 10.1 Å². The van der Waals surface area contributed by atoms with Crippen LogP contribution in [0.5, 0.6) is 5.75 Å². The van der Waals surface area contributed by atoms with E-state index in [1.807, 2.05) is 0 Å². The minimum Gasteiger partial charge on any atom is -0.462 e. The number of ether oxygens (including phenoxy) is 2. The maximum atomic E-state index is 12.7. The zero-order valence-corrected chi connectivity index (χ0v) is 20.6. The van der Waals surface area contributed by atoms with Crippen LogP contribution in [-0.4, -0.2) is 131 Å². The molecule has 0 bridgehead atoms. The predicted octanol–water partition coefficient (Wildman–Crippen LogP) is -2.14. The van der Waals surface area contributed by atoms with Crippen molar-refractivity contribution in [2.24, 2.45) is 5.73 Å². The van der Waals surface area contributed by atoms with E-state index >= 15 is 0 Å². The van der Waals surface area contributed by atoms with Gasteiger partial charge in [0.15, 0.2) is 0 Å². The van der Waals surface area contributed by atoms with Crippen molar-refractivity contribution in [2.45, 2.75) is 43.5 Å². The molecule has 0 aromatic heterocycles. The molecule has 2 saturated heterocycles. The topological polar surface area (TPSA) is 204 Å².